The zero-order valence-corrected chi connectivity index (χ0v) is 23.2. The second-order valence-electron chi connectivity index (χ2n) is 11.9. The zero-order chi connectivity index (χ0) is 27.4. The molecular formula is C32H40N2O5. The van der Waals surface area contributed by atoms with E-state index in [2.05, 4.69) is 30.0 Å². The molecule has 0 unspecified atom stereocenters. The number of phenols is 1. The molecule has 7 heteroatoms. The summed E-state index contributed by atoms with van der Waals surface area (Å²) in [5.74, 6) is 1.12. The molecule has 7 nitrogen and oxygen atoms in total. The Kier molecular flexibility index (Phi) is 6.72. The first kappa shape index (κ1) is 26.4. The Bertz CT molecular complexity index is 1250. The fourth-order valence-corrected chi connectivity index (χ4v) is 7.88. The number of aliphatic hydroxyl groups is 1. The fourth-order valence-electron chi connectivity index (χ4n) is 7.88. The number of aromatic hydroxyl groups is 1. The highest BCUT2D eigenvalue weighted by Gasteiger charge is 2.64. The van der Waals surface area contributed by atoms with E-state index in [-0.39, 0.29) is 23.2 Å². The number of phenolic OH excluding ortho intramolecular Hbond substituents is 1. The van der Waals surface area contributed by atoms with Crippen molar-refractivity contribution in [3.05, 3.63) is 71.3 Å². The van der Waals surface area contributed by atoms with Crippen molar-refractivity contribution in [3.63, 3.8) is 0 Å². The molecule has 7 rings (SSSR count). The van der Waals surface area contributed by atoms with Crippen LogP contribution < -0.4 is 4.74 Å². The SMILES string of the molecule is CCOC(=O)C1(c2ccccc2)CCN(C)CC1.CN1CC[C@]23c4c5ccc(O)c4O[C@H]2[C@@H](O)C=C[C@H]3[C@H]1C5. The highest BCUT2D eigenvalue weighted by atomic mass is 16.5. The quantitative estimate of drug-likeness (QED) is 0.463. The van der Waals surface area contributed by atoms with Gasteiger partial charge in [-0.2, -0.15) is 0 Å². The van der Waals surface area contributed by atoms with Crippen molar-refractivity contribution in [3.8, 4) is 11.5 Å². The Morgan fingerprint density at radius 2 is 1.79 bits per heavy atom. The first-order chi connectivity index (χ1) is 18.8. The van der Waals surface area contributed by atoms with Gasteiger partial charge in [0.05, 0.1) is 12.0 Å². The molecule has 2 bridgehead atoms. The van der Waals surface area contributed by atoms with E-state index in [0.29, 0.717) is 24.3 Å². The Balaban J connectivity index is 0.000000144. The topological polar surface area (TPSA) is 82.5 Å². The van der Waals surface area contributed by atoms with E-state index in [1.54, 1.807) is 6.07 Å². The molecule has 2 N–H and O–H groups in total. The van der Waals surface area contributed by atoms with Gasteiger partial charge in [-0.1, -0.05) is 48.6 Å². The molecule has 208 valence electrons. The van der Waals surface area contributed by atoms with Gasteiger partial charge in [-0.15, -0.1) is 0 Å². The third-order valence-electron chi connectivity index (χ3n) is 9.98. The van der Waals surface area contributed by atoms with E-state index >= 15 is 0 Å². The number of esters is 1. The molecule has 0 saturated carbocycles. The molecule has 5 aliphatic rings. The summed E-state index contributed by atoms with van der Waals surface area (Å²) in [6.45, 7) is 5.20. The van der Waals surface area contributed by atoms with Gasteiger partial charge in [-0.25, -0.2) is 0 Å². The van der Waals surface area contributed by atoms with Crippen molar-refractivity contribution in [1.82, 2.24) is 9.80 Å². The summed E-state index contributed by atoms with van der Waals surface area (Å²) < 4.78 is 11.4. The second kappa shape index (κ2) is 9.95. The van der Waals surface area contributed by atoms with Crippen LogP contribution in [0.5, 0.6) is 11.5 Å². The Morgan fingerprint density at radius 3 is 2.51 bits per heavy atom. The minimum absolute atomic E-state index is 0.0655. The Hall–Kier alpha value is -2.87. The van der Waals surface area contributed by atoms with E-state index in [9.17, 15) is 15.0 Å². The lowest BCUT2D eigenvalue weighted by Gasteiger charge is -2.56. The molecule has 2 saturated heterocycles. The third kappa shape index (κ3) is 4.00. The van der Waals surface area contributed by atoms with Gasteiger partial charge >= 0.3 is 5.97 Å². The average Bonchev–Trinajstić information content (AvgIpc) is 3.31. The fraction of sp³-hybridized carbons (Fsp3) is 0.531. The van der Waals surface area contributed by atoms with Gasteiger partial charge < -0.3 is 29.5 Å². The van der Waals surface area contributed by atoms with E-state index < -0.39 is 11.5 Å². The Labute approximate surface area is 231 Å². The number of benzene rings is 2. The minimum atomic E-state index is -0.594. The highest BCUT2D eigenvalue weighted by molar-refractivity contribution is 5.83. The minimum Gasteiger partial charge on any atom is -0.504 e. The molecular weight excluding hydrogens is 492 g/mol. The van der Waals surface area contributed by atoms with Crippen LogP contribution >= 0.6 is 0 Å². The molecule has 0 amide bonds. The van der Waals surface area contributed by atoms with Gasteiger partial charge in [-0.05, 0) is 83.5 Å². The lowest BCUT2D eigenvalue weighted by atomic mass is 9.53. The molecule has 1 spiro atoms. The lowest BCUT2D eigenvalue weighted by molar-refractivity contribution is -0.152. The first-order valence-corrected chi connectivity index (χ1v) is 14.3. The number of piperidine rings is 2. The first-order valence-electron chi connectivity index (χ1n) is 14.3. The standard InChI is InChI=1S/C17H19NO3.C15H21NO2/c1-18-7-6-17-10-3-5-13(20)16(17)21-15-12(19)4-2-9(14(15)17)8-11(10)18;1-3-18-14(17)15(9-11-16(2)12-10-15)13-7-5-4-6-8-13/h2-5,10-11,13,16,19-20H,6-8H2,1H3;4-8H,3,9-12H2,1-2H3/t10-,11+,13-,16-,17-;/m0./s1. The normalized spacial score (nSPS) is 31.9. The zero-order valence-electron chi connectivity index (χ0n) is 23.2. The maximum Gasteiger partial charge on any atom is 0.316 e. The number of rotatable bonds is 3. The van der Waals surface area contributed by atoms with Crippen molar-refractivity contribution < 1.29 is 24.5 Å². The summed E-state index contributed by atoms with van der Waals surface area (Å²) in [5.41, 5.74) is 2.94. The summed E-state index contributed by atoms with van der Waals surface area (Å²) in [6, 6.07) is 14.3. The van der Waals surface area contributed by atoms with Gasteiger partial charge in [0.25, 0.3) is 0 Å². The van der Waals surface area contributed by atoms with Crippen LogP contribution in [0.1, 0.15) is 42.9 Å². The predicted octanol–water partition coefficient (Wildman–Crippen LogP) is 3.41. The van der Waals surface area contributed by atoms with Gasteiger partial charge in [0, 0.05) is 22.9 Å². The smallest absolute Gasteiger partial charge is 0.316 e. The molecule has 39 heavy (non-hydrogen) atoms. The highest BCUT2D eigenvalue weighted by Crippen LogP contribution is 2.62. The monoisotopic (exact) mass is 532 g/mol. The molecule has 2 aromatic rings. The van der Waals surface area contributed by atoms with Gasteiger partial charge in [-0.3, -0.25) is 4.79 Å². The van der Waals surface area contributed by atoms with E-state index in [4.69, 9.17) is 9.47 Å². The van der Waals surface area contributed by atoms with Crippen LogP contribution in [-0.4, -0.2) is 84.6 Å². The second-order valence-corrected chi connectivity index (χ2v) is 11.9. The van der Waals surface area contributed by atoms with Crippen LogP contribution in [0.4, 0.5) is 0 Å². The number of carbonyl (C=O) groups excluding carboxylic acids is 1. The molecule has 3 aliphatic heterocycles. The summed E-state index contributed by atoms with van der Waals surface area (Å²) in [7, 11) is 4.29. The number of carbonyl (C=O) groups is 1. The van der Waals surface area contributed by atoms with Crippen molar-refractivity contribution in [2.24, 2.45) is 5.92 Å². The number of likely N-dealkylation sites (tertiary alicyclic amines) is 2. The maximum absolute atomic E-state index is 12.4. The molecule has 2 aliphatic carbocycles. The Morgan fingerprint density at radius 1 is 1.05 bits per heavy atom. The summed E-state index contributed by atoms with van der Waals surface area (Å²) in [4.78, 5) is 17.1. The van der Waals surface area contributed by atoms with Crippen molar-refractivity contribution >= 4 is 5.97 Å². The van der Waals surface area contributed by atoms with Crippen LogP contribution in [0, 0.1) is 5.92 Å². The summed E-state index contributed by atoms with van der Waals surface area (Å²) in [5, 5.41) is 20.6. The number of hydrogen-bond acceptors (Lipinski definition) is 7. The number of hydrogen-bond donors (Lipinski definition) is 2. The molecule has 0 aromatic heterocycles. The molecule has 2 aromatic carbocycles. The summed E-state index contributed by atoms with van der Waals surface area (Å²) in [6.07, 6.45) is 6.86. The van der Waals surface area contributed by atoms with Crippen LogP contribution in [0.25, 0.3) is 0 Å². The third-order valence-corrected chi connectivity index (χ3v) is 9.98. The van der Waals surface area contributed by atoms with E-state index in [1.165, 1.54) is 11.1 Å². The number of aliphatic hydroxyl groups excluding tert-OH is 1. The predicted molar refractivity (Wildman–Crippen MR) is 149 cm³/mol. The lowest BCUT2D eigenvalue weighted by Crippen LogP contribution is -2.64. The largest absolute Gasteiger partial charge is 0.504 e. The molecule has 2 fully saturated rings. The van der Waals surface area contributed by atoms with Crippen molar-refractivity contribution in [2.45, 2.75) is 61.7 Å². The average molecular weight is 533 g/mol. The van der Waals surface area contributed by atoms with E-state index in [1.807, 2.05) is 49.4 Å². The number of likely N-dealkylation sites (N-methyl/N-ethyl adjacent to an activating group) is 1. The van der Waals surface area contributed by atoms with Gasteiger partial charge in [0.2, 0.25) is 0 Å². The molecule has 5 atom stereocenters. The molecule has 0 radical (unpaired) electrons. The molecule has 3 heterocycles. The van der Waals surface area contributed by atoms with Crippen LogP contribution in [0.3, 0.4) is 0 Å². The van der Waals surface area contributed by atoms with Crippen molar-refractivity contribution in [1.29, 1.82) is 0 Å². The van der Waals surface area contributed by atoms with Crippen LogP contribution in [0.2, 0.25) is 0 Å². The van der Waals surface area contributed by atoms with Gasteiger partial charge in [0.1, 0.15) is 12.2 Å². The maximum atomic E-state index is 12.4. The summed E-state index contributed by atoms with van der Waals surface area (Å²) >= 11 is 0. The number of ether oxygens (including phenoxy) is 2. The van der Waals surface area contributed by atoms with E-state index in [0.717, 1.165) is 50.9 Å². The van der Waals surface area contributed by atoms with Gasteiger partial charge in [0.15, 0.2) is 11.5 Å². The van der Waals surface area contributed by atoms with Crippen LogP contribution in [-0.2, 0) is 26.8 Å². The number of nitrogens with zero attached hydrogens (tertiary/aromatic N) is 2. The van der Waals surface area contributed by atoms with Crippen LogP contribution in [0.15, 0.2) is 54.6 Å². The van der Waals surface area contributed by atoms with Crippen molar-refractivity contribution in [2.75, 3.05) is 40.3 Å².